The van der Waals surface area contributed by atoms with Crippen molar-refractivity contribution in [3.05, 3.63) is 47.3 Å². The van der Waals surface area contributed by atoms with Crippen molar-refractivity contribution in [3.8, 4) is 12.1 Å². The second-order valence-electron chi connectivity index (χ2n) is 6.27. The lowest BCUT2D eigenvalue weighted by Crippen LogP contribution is -2.21. The van der Waals surface area contributed by atoms with E-state index < -0.39 is 0 Å². The maximum absolute atomic E-state index is 9.33. The molecule has 0 amide bonds. The zero-order valence-electron chi connectivity index (χ0n) is 16.4. The number of aliphatic imine (C=N–C) groups is 2. The third-order valence-electron chi connectivity index (χ3n) is 4.70. The van der Waals surface area contributed by atoms with Crippen LogP contribution in [0.1, 0.15) is 39.7 Å². The topological polar surface area (TPSA) is 75.5 Å². The largest absolute Gasteiger partial charge is 0.372 e. The van der Waals surface area contributed by atoms with Crippen LogP contribution < -0.4 is 4.90 Å². The van der Waals surface area contributed by atoms with Crippen molar-refractivity contribution in [3.63, 3.8) is 0 Å². The van der Waals surface area contributed by atoms with Gasteiger partial charge in [-0.25, -0.2) is 9.98 Å². The molecule has 0 saturated heterocycles. The van der Waals surface area contributed by atoms with E-state index in [-0.39, 0.29) is 17.3 Å². The summed E-state index contributed by atoms with van der Waals surface area (Å²) in [5.41, 5.74) is 3.98. The molecule has 1 unspecified atom stereocenters. The van der Waals surface area contributed by atoms with Gasteiger partial charge in [0.2, 0.25) is 0 Å². The first kappa shape index (κ1) is 20.1. The van der Waals surface area contributed by atoms with Crippen molar-refractivity contribution >= 4 is 23.2 Å². The van der Waals surface area contributed by atoms with Crippen LogP contribution in [0.25, 0.3) is 6.08 Å². The Labute approximate surface area is 161 Å². The van der Waals surface area contributed by atoms with E-state index in [9.17, 15) is 10.5 Å². The molecule has 1 atom stereocenters. The summed E-state index contributed by atoms with van der Waals surface area (Å²) in [6.45, 7) is 10.2. The van der Waals surface area contributed by atoms with Gasteiger partial charge in [-0.1, -0.05) is 25.1 Å². The molecule has 1 aliphatic heterocycles. The Morgan fingerprint density at radius 1 is 0.963 bits per heavy atom. The Hall–Kier alpha value is -3.18. The third-order valence-corrected chi connectivity index (χ3v) is 4.70. The summed E-state index contributed by atoms with van der Waals surface area (Å²) in [6.07, 6.45) is 4.72. The van der Waals surface area contributed by atoms with E-state index in [1.165, 1.54) is 5.69 Å². The van der Waals surface area contributed by atoms with E-state index in [0.29, 0.717) is 0 Å². The van der Waals surface area contributed by atoms with Crippen LogP contribution in [-0.2, 0) is 0 Å². The van der Waals surface area contributed by atoms with Gasteiger partial charge in [0.15, 0.2) is 11.4 Å². The van der Waals surface area contributed by atoms with Crippen molar-refractivity contribution in [2.24, 2.45) is 15.9 Å². The minimum absolute atomic E-state index is 0.00889. The Kier molecular flexibility index (Phi) is 7.08. The molecular weight excluding hydrogens is 334 g/mol. The van der Waals surface area contributed by atoms with E-state index in [1.54, 1.807) is 0 Å². The molecular formula is C22H25N5. The van der Waals surface area contributed by atoms with Crippen LogP contribution in [0.15, 0.2) is 51.7 Å². The third kappa shape index (κ3) is 4.71. The van der Waals surface area contributed by atoms with Gasteiger partial charge in [0.05, 0.1) is 5.71 Å². The highest BCUT2D eigenvalue weighted by molar-refractivity contribution is 6.14. The van der Waals surface area contributed by atoms with Crippen LogP contribution in [0.3, 0.4) is 0 Å². The molecule has 27 heavy (non-hydrogen) atoms. The fraction of sp³-hybridized carbons (Fsp3) is 0.364. The van der Waals surface area contributed by atoms with E-state index in [0.717, 1.165) is 36.5 Å². The van der Waals surface area contributed by atoms with Gasteiger partial charge in [-0.15, -0.1) is 0 Å². The molecule has 1 aromatic carbocycles. The zero-order valence-corrected chi connectivity index (χ0v) is 16.4. The summed E-state index contributed by atoms with van der Waals surface area (Å²) in [5.74, 6) is -0.00889. The smallest absolute Gasteiger partial charge is 0.177 e. The van der Waals surface area contributed by atoms with Gasteiger partial charge >= 0.3 is 0 Å². The molecule has 0 bridgehead atoms. The molecule has 0 radical (unpaired) electrons. The standard InChI is InChI=1S/C22H25N5/c1-5-19-16(4)25-21(14-23)22(15-24)26-20(19)13-10-17-8-11-18(12-9-17)27(6-2)7-3/h8-13,19H,5-7H2,1-4H3. The molecule has 0 saturated carbocycles. The van der Waals surface area contributed by atoms with Gasteiger partial charge in [-0.05, 0) is 51.0 Å². The van der Waals surface area contributed by atoms with Crippen molar-refractivity contribution < 1.29 is 0 Å². The summed E-state index contributed by atoms with van der Waals surface area (Å²) in [4.78, 5) is 11.0. The molecule has 2 rings (SSSR count). The van der Waals surface area contributed by atoms with Gasteiger partial charge < -0.3 is 4.90 Å². The van der Waals surface area contributed by atoms with Crippen LogP contribution in [0, 0.1) is 28.6 Å². The molecule has 5 nitrogen and oxygen atoms in total. The zero-order chi connectivity index (χ0) is 19.8. The van der Waals surface area contributed by atoms with Gasteiger partial charge in [0.1, 0.15) is 12.1 Å². The van der Waals surface area contributed by atoms with Crippen molar-refractivity contribution in [1.29, 1.82) is 10.5 Å². The second kappa shape index (κ2) is 9.50. The highest BCUT2D eigenvalue weighted by Gasteiger charge is 2.21. The number of hydrogen-bond acceptors (Lipinski definition) is 5. The first-order valence-electron chi connectivity index (χ1n) is 9.29. The summed E-state index contributed by atoms with van der Waals surface area (Å²) >= 11 is 0. The lowest BCUT2D eigenvalue weighted by atomic mass is 9.94. The predicted molar refractivity (Wildman–Crippen MR) is 112 cm³/mol. The Morgan fingerprint density at radius 3 is 2.07 bits per heavy atom. The predicted octanol–water partition coefficient (Wildman–Crippen LogP) is 4.75. The van der Waals surface area contributed by atoms with E-state index in [4.69, 9.17) is 0 Å². The quantitative estimate of drug-likeness (QED) is 0.735. The van der Waals surface area contributed by atoms with Crippen molar-refractivity contribution in [1.82, 2.24) is 0 Å². The number of nitriles is 2. The molecule has 0 N–H and O–H groups in total. The summed E-state index contributed by atoms with van der Waals surface area (Å²) in [5, 5.41) is 18.6. The molecule has 138 valence electrons. The molecule has 0 aliphatic carbocycles. The minimum Gasteiger partial charge on any atom is -0.372 e. The van der Waals surface area contributed by atoms with Crippen LogP contribution in [0.5, 0.6) is 0 Å². The van der Waals surface area contributed by atoms with Crippen LogP contribution in [0.4, 0.5) is 5.69 Å². The molecule has 1 heterocycles. The summed E-state index contributed by atoms with van der Waals surface area (Å²) < 4.78 is 0. The Bertz CT molecular complexity index is 869. The average molecular weight is 359 g/mol. The maximum atomic E-state index is 9.33. The maximum Gasteiger partial charge on any atom is 0.177 e. The van der Waals surface area contributed by atoms with E-state index in [1.807, 2.05) is 31.2 Å². The van der Waals surface area contributed by atoms with E-state index in [2.05, 4.69) is 59.9 Å². The van der Waals surface area contributed by atoms with E-state index >= 15 is 0 Å². The number of benzene rings is 1. The first-order chi connectivity index (χ1) is 13.1. The number of allylic oxidation sites excluding steroid dienone is 3. The fourth-order valence-corrected chi connectivity index (χ4v) is 3.16. The van der Waals surface area contributed by atoms with Crippen LogP contribution >= 0.6 is 0 Å². The van der Waals surface area contributed by atoms with Crippen molar-refractivity contribution in [2.45, 2.75) is 34.1 Å². The highest BCUT2D eigenvalue weighted by Crippen LogP contribution is 2.21. The molecule has 0 fully saturated rings. The summed E-state index contributed by atoms with van der Waals surface area (Å²) in [7, 11) is 0. The minimum atomic E-state index is -0.00889. The number of hydrogen-bond donors (Lipinski definition) is 0. The SMILES string of the molecule is CCC1C(C)=NC(C#N)=C(C#N)N=C1C=Cc1ccc(N(CC)CC)cc1. The number of anilines is 1. The van der Waals surface area contributed by atoms with Crippen LogP contribution in [0.2, 0.25) is 0 Å². The normalized spacial score (nSPS) is 17.0. The molecule has 1 aromatic rings. The van der Waals surface area contributed by atoms with Gasteiger partial charge in [-0.3, -0.25) is 0 Å². The highest BCUT2D eigenvalue weighted by atomic mass is 15.1. The van der Waals surface area contributed by atoms with Gasteiger partial charge in [0.25, 0.3) is 0 Å². The molecule has 1 aliphatic rings. The molecule has 0 aromatic heterocycles. The first-order valence-corrected chi connectivity index (χ1v) is 9.29. The van der Waals surface area contributed by atoms with Gasteiger partial charge in [0, 0.05) is 30.4 Å². The Balaban J connectivity index is 2.35. The van der Waals surface area contributed by atoms with Crippen molar-refractivity contribution in [2.75, 3.05) is 18.0 Å². The van der Waals surface area contributed by atoms with Gasteiger partial charge in [-0.2, -0.15) is 10.5 Å². The lowest BCUT2D eigenvalue weighted by molar-refractivity contribution is 0.856. The average Bonchev–Trinajstić information content (AvgIpc) is 2.83. The molecule has 0 spiro atoms. The Morgan fingerprint density at radius 2 is 1.56 bits per heavy atom. The summed E-state index contributed by atoms with van der Waals surface area (Å²) in [6, 6.07) is 12.3. The van der Waals surface area contributed by atoms with Crippen LogP contribution in [-0.4, -0.2) is 24.5 Å². The lowest BCUT2D eigenvalue weighted by Gasteiger charge is -2.20. The molecule has 5 heteroatoms. The fourth-order valence-electron chi connectivity index (χ4n) is 3.16. The number of nitrogens with zero attached hydrogens (tertiary/aromatic N) is 5. The second-order valence-corrected chi connectivity index (χ2v) is 6.27. The monoisotopic (exact) mass is 359 g/mol. The number of rotatable bonds is 6.